The first kappa shape index (κ1) is 17.6. The Morgan fingerprint density at radius 1 is 1.25 bits per heavy atom. The molecule has 1 heterocycles. The molecule has 0 bridgehead atoms. The van der Waals surface area contributed by atoms with Gasteiger partial charge in [0.25, 0.3) is 5.56 Å². The maximum absolute atomic E-state index is 13.0. The summed E-state index contributed by atoms with van der Waals surface area (Å²) in [4.78, 5) is 27.1. The van der Waals surface area contributed by atoms with Crippen LogP contribution in [0.3, 0.4) is 0 Å². The first-order valence-corrected chi connectivity index (χ1v) is 7.07. The Labute approximate surface area is 135 Å². The molecule has 3 N–H and O–H groups in total. The maximum atomic E-state index is 13.0. The molecule has 1 aromatic carbocycles. The number of anilines is 2. The predicted octanol–water partition coefficient (Wildman–Crippen LogP) is 3.09. The number of carbonyl (C=O) groups excluding carboxylic acids is 1. The van der Waals surface area contributed by atoms with Crippen molar-refractivity contribution >= 4 is 17.4 Å². The standard InChI is InChI=1S/C16H16F3N3O2/c1-9(11-6-4-3-5-7-11)22(10(2)23)13-8-12(16(17,18)19)14(20)21-15(13)24/h3-9H,1-2H3,(H3,20,21,24). The average Bonchev–Trinajstić information content (AvgIpc) is 2.48. The summed E-state index contributed by atoms with van der Waals surface area (Å²) in [6.45, 7) is 2.81. The molecule has 2 rings (SSSR count). The van der Waals surface area contributed by atoms with E-state index in [1.807, 2.05) is 4.98 Å². The number of H-pyrrole nitrogens is 1. The number of nitrogen functional groups attached to an aromatic ring is 1. The average molecular weight is 339 g/mol. The number of nitrogens with two attached hydrogens (primary N) is 1. The van der Waals surface area contributed by atoms with Crippen molar-refractivity contribution in [1.82, 2.24) is 4.98 Å². The van der Waals surface area contributed by atoms with Gasteiger partial charge in [0, 0.05) is 6.92 Å². The molecular formula is C16H16F3N3O2. The van der Waals surface area contributed by atoms with E-state index in [1.54, 1.807) is 37.3 Å². The molecule has 128 valence electrons. The van der Waals surface area contributed by atoms with E-state index in [4.69, 9.17) is 5.73 Å². The molecule has 1 atom stereocenters. The quantitative estimate of drug-likeness (QED) is 0.902. The van der Waals surface area contributed by atoms with Crippen LogP contribution in [0, 0.1) is 0 Å². The van der Waals surface area contributed by atoms with Gasteiger partial charge in [-0.15, -0.1) is 0 Å². The van der Waals surface area contributed by atoms with Gasteiger partial charge < -0.3 is 15.6 Å². The van der Waals surface area contributed by atoms with Gasteiger partial charge in [-0.05, 0) is 18.6 Å². The topological polar surface area (TPSA) is 79.2 Å². The predicted molar refractivity (Wildman–Crippen MR) is 84.5 cm³/mol. The lowest BCUT2D eigenvalue weighted by molar-refractivity contribution is -0.137. The number of amides is 1. The van der Waals surface area contributed by atoms with E-state index >= 15 is 0 Å². The molecule has 0 saturated carbocycles. The molecule has 0 radical (unpaired) electrons. The summed E-state index contributed by atoms with van der Waals surface area (Å²) in [5.74, 6) is -1.35. The third-order valence-corrected chi connectivity index (χ3v) is 3.63. The van der Waals surface area contributed by atoms with Crippen molar-refractivity contribution in [2.45, 2.75) is 26.1 Å². The minimum Gasteiger partial charge on any atom is -0.385 e. The highest BCUT2D eigenvalue weighted by Gasteiger charge is 2.36. The Morgan fingerprint density at radius 3 is 2.33 bits per heavy atom. The van der Waals surface area contributed by atoms with Crippen LogP contribution in [-0.4, -0.2) is 10.9 Å². The normalized spacial score (nSPS) is 12.7. The number of aromatic amines is 1. The van der Waals surface area contributed by atoms with Crippen LogP contribution in [0.15, 0.2) is 41.2 Å². The fraction of sp³-hybridized carbons (Fsp3) is 0.250. The van der Waals surface area contributed by atoms with Crippen LogP contribution < -0.4 is 16.2 Å². The molecule has 0 aliphatic rings. The molecule has 24 heavy (non-hydrogen) atoms. The number of pyridine rings is 1. The smallest absolute Gasteiger partial charge is 0.385 e. The summed E-state index contributed by atoms with van der Waals surface area (Å²) in [5, 5.41) is 0. The second kappa shape index (κ2) is 6.38. The minimum atomic E-state index is -4.75. The Balaban J connectivity index is 2.61. The number of rotatable bonds is 3. The van der Waals surface area contributed by atoms with Gasteiger partial charge in [-0.2, -0.15) is 13.2 Å². The summed E-state index contributed by atoms with van der Waals surface area (Å²) in [7, 11) is 0. The van der Waals surface area contributed by atoms with Gasteiger partial charge in [0.2, 0.25) is 5.91 Å². The Kier molecular flexibility index (Phi) is 4.68. The van der Waals surface area contributed by atoms with Crippen molar-refractivity contribution in [3.05, 3.63) is 57.9 Å². The number of halogens is 3. The van der Waals surface area contributed by atoms with Gasteiger partial charge in [-0.1, -0.05) is 30.3 Å². The largest absolute Gasteiger partial charge is 0.419 e. The Hall–Kier alpha value is -2.77. The lowest BCUT2D eigenvalue weighted by Crippen LogP contribution is -2.36. The molecule has 1 aromatic heterocycles. The molecule has 1 amide bonds. The van der Waals surface area contributed by atoms with Crippen molar-refractivity contribution < 1.29 is 18.0 Å². The first-order chi connectivity index (χ1) is 11.1. The summed E-state index contributed by atoms with van der Waals surface area (Å²) < 4.78 is 39.1. The number of carbonyl (C=O) groups is 1. The number of aromatic nitrogens is 1. The number of nitrogens with zero attached hydrogens (tertiary/aromatic N) is 1. The van der Waals surface area contributed by atoms with Crippen LogP contribution >= 0.6 is 0 Å². The molecule has 1 unspecified atom stereocenters. The molecule has 5 nitrogen and oxygen atoms in total. The third-order valence-electron chi connectivity index (χ3n) is 3.63. The highest BCUT2D eigenvalue weighted by Crippen LogP contribution is 2.35. The van der Waals surface area contributed by atoms with Gasteiger partial charge in [0.15, 0.2) is 0 Å². The fourth-order valence-electron chi connectivity index (χ4n) is 2.48. The molecule has 0 saturated heterocycles. The van der Waals surface area contributed by atoms with Crippen LogP contribution in [-0.2, 0) is 11.0 Å². The SMILES string of the molecule is CC(=O)N(c1cc(C(F)(F)F)c(N)[nH]c1=O)C(C)c1ccccc1. The summed E-state index contributed by atoms with van der Waals surface area (Å²) in [6.07, 6.45) is -4.75. The summed E-state index contributed by atoms with van der Waals surface area (Å²) in [5.41, 5.74) is 3.48. The number of benzene rings is 1. The fourth-order valence-corrected chi connectivity index (χ4v) is 2.48. The zero-order valence-electron chi connectivity index (χ0n) is 13.0. The van der Waals surface area contributed by atoms with Crippen LogP contribution in [0.2, 0.25) is 0 Å². The maximum Gasteiger partial charge on any atom is 0.419 e. The number of hydrogen-bond donors (Lipinski definition) is 2. The summed E-state index contributed by atoms with van der Waals surface area (Å²) in [6, 6.07) is 8.65. The lowest BCUT2D eigenvalue weighted by atomic mass is 10.1. The number of hydrogen-bond acceptors (Lipinski definition) is 3. The van der Waals surface area contributed by atoms with E-state index in [2.05, 4.69) is 0 Å². The van der Waals surface area contributed by atoms with E-state index in [1.165, 1.54) is 6.92 Å². The second-order valence-corrected chi connectivity index (χ2v) is 5.28. The first-order valence-electron chi connectivity index (χ1n) is 7.07. The molecular weight excluding hydrogens is 323 g/mol. The summed E-state index contributed by atoms with van der Waals surface area (Å²) >= 11 is 0. The Bertz CT molecular complexity index is 800. The molecule has 8 heteroatoms. The monoisotopic (exact) mass is 339 g/mol. The van der Waals surface area contributed by atoms with Gasteiger partial charge in [0.1, 0.15) is 11.5 Å². The zero-order chi connectivity index (χ0) is 18.1. The van der Waals surface area contributed by atoms with E-state index in [0.717, 1.165) is 4.90 Å². The van der Waals surface area contributed by atoms with Crippen LogP contribution in [0.25, 0.3) is 0 Å². The molecule has 0 aliphatic carbocycles. The molecule has 0 fully saturated rings. The highest BCUT2D eigenvalue weighted by atomic mass is 19.4. The van der Waals surface area contributed by atoms with Crippen molar-refractivity contribution in [3.8, 4) is 0 Å². The van der Waals surface area contributed by atoms with Crippen molar-refractivity contribution in [2.75, 3.05) is 10.6 Å². The second-order valence-electron chi connectivity index (χ2n) is 5.28. The van der Waals surface area contributed by atoms with Gasteiger partial charge in [-0.3, -0.25) is 9.59 Å². The number of alkyl halides is 3. The number of nitrogens with one attached hydrogen (secondary N) is 1. The van der Waals surface area contributed by atoms with Crippen molar-refractivity contribution in [1.29, 1.82) is 0 Å². The Morgan fingerprint density at radius 2 is 1.83 bits per heavy atom. The van der Waals surface area contributed by atoms with E-state index in [9.17, 15) is 22.8 Å². The minimum absolute atomic E-state index is 0.402. The van der Waals surface area contributed by atoms with E-state index < -0.39 is 40.8 Å². The molecule has 0 spiro atoms. The van der Waals surface area contributed by atoms with E-state index in [-0.39, 0.29) is 0 Å². The lowest BCUT2D eigenvalue weighted by Gasteiger charge is -2.28. The van der Waals surface area contributed by atoms with Crippen molar-refractivity contribution in [2.24, 2.45) is 0 Å². The molecule has 0 aliphatic heterocycles. The zero-order valence-corrected chi connectivity index (χ0v) is 13.0. The van der Waals surface area contributed by atoms with Crippen LogP contribution in [0.4, 0.5) is 24.7 Å². The van der Waals surface area contributed by atoms with E-state index in [0.29, 0.717) is 11.6 Å². The van der Waals surface area contributed by atoms with Gasteiger partial charge >= 0.3 is 6.18 Å². The van der Waals surface area contributed by atoms with Gasteiger partial charge in [0.05, 0.1) is 11.6 Å². The molecule has 2 aromatic rings. The van der Waals surface area contributed by atoms with Crippen LogP contribution in [0.5, 0.6) is 0 Å². The van der Waals surface area contributed by atoms with Crippen LogP contribution in [0.1, 0.15) is 31.0 Å². The van der Waals surface area contributed by atoms with Gasteiger partial charge in [-0.25, -0.2) is 0 Å². The third kappa shape index (κ3) is 3.42. The van der Waals surface area contributed by atoms with Crippen molar-refractivity contribution in [3.63, 3.8) is 0 Å². The highest BCUT2D eigenvalue weighted by molar-refractivity contribution is 5.92.